The fourth-order valence-corrected chi connectivity index (χ4v) is 3.22. The zero-order chi connectivity index (χ0) is 13.7. The number of hydrogen-bond acceptors (Lipinski definition) is 3. The summed E-state index contributed by atoms with van der Waals surface area (Å²) >= 11 is 2.36. The summed E-state index contributed by atoms with van der Waals surface area (Å²) in [5.41, 5.74) is 2.20. The number of methoxy groups -OCH3 is 1. The third kappa shape index (κ3) is 3.48. The molecular weight excluding hydrogens is 353 g/mol. The maximum absolute atomic E-state index is 12.2. The third-order valence-corrected chi connectivity index (χ3v) is 4.78. The van der Waals surface area contributed by atoms with E-state index in [0.717, 1.165) is 36.8 Å². The van der Waals surface area contributed by atoms with E-state index >= 15 is 0 Å². The predicted molar refractivity (Wildman–Crippen MR) is 84.4 cm³/mol. The highest BCUT2D eigenvalue weighted by Gasteiger charge is 2.40. The molecule has 104 valence electrons. The fourth-order valence-electron chi connectivity index (χ4n) is 2.71. The maximum atomic E-state index is 12.2. The predicted octanol–water partition coefficient (Wildman–Crippen LogP) is 2.71. The number of ether oxygens (including phenoxy) is 1. The minimum absolute atomic E-state index is 0.0630. The summed E-state index contributed by atoms with van der Waals surface area (Å²) in [6, 6.07) is 8.57. The van der Waals surface area contributed by atoms with E-state index in [1.165, 1.54) is 18.2 Å². The molecule has 0 amide bonds. The number of rotatable bonds is 4. The van der Waals surface area contributed by atoms with E-state index in [4.69, 9.17) is 4.74 Å². The molecule has 0 spiro atoms. The van der Waals surface area contributed by atoms with Crippen molar-refractivity contribution in [3.05, 3.63) is 35.4 Å². The van der Waals surface area contributed by atoms with Gasteiger partial charge in [-0.15, -0.1) is 0 Å². The van der Waals surface area contributed by atoms with Crippen LogP contribution in [0.25, 0.3) is 0 Å². The highest BCUT2D eigenvalue weighted by Crippen LogP contribution is 2.34. The van der Waals surface area contributed by atoms with Crippen LogP contribution >= 0.6 is 22.6 Å². The Labute approximate surface area is 128 Å². The van der Waals surface area contributed by atoms with Crippen LogP contribution in [-0.2, 0) is 20.4 Å². The number of nitrogens with one attached hydrogen (secondary N) is 1. The van der Waals surface area contributed by atoms with Crippen LogP contribution in [0.5, 0.6) is 0 Å². The van der Waals surface area contributed by atoms with Gasteiger partial charge in [0, 0.05) is 4.43 Å². The second-order valence-electron chi connectivity index (χ2n) is 5.15. The molecule has 2 rings (SSSR count). The number of halogens is 1. The first-order valence-electron chi connectivity index (χ1n) is 6.63. The summed E-state index contributed by atoms with van der Waals surface area (Å²) in [5, 5.41) is 3.31. The van der Waals surface area contributed by atoms with Gasteiger partial charge in [-0.2, -0.15) is 0 Å². The van der Waals surface area contributed by atoms with Crippen LogP contribution in [0.1, 0.15) is 24.0 Å². The molecule has 0 radical (unpaired) electrons. The second-order valence-corrected chi connectivity index (χ2v) is 5.91. The number of piperidine rings is 1. The lowest BCUT2D eigenvalue weighted by atomic mass is 9.74. The highest BCUT2D eigenvalue weighted by molar-refractivity contribution is 14.1. The lowest BCUT2D eigenvalue weighted by Crippen LogP contribution is -2.44. The summed E-state index contributed by atoms with van der Waals surface area (Å²) in [6.45, 7) is 1.78. The molecule has 1 aliphatic heterocycles. The van der Waals surface area contributed by atoms with E-state index in [2.05, 4.69) is 52.2 Å². The van der Waals surface area contributed by atoms with E-state index in [1.807, 2.05) is 0 Å². The molecule has 3 nitrogen and oxygen atoms in total. The van der Waals surface area contributed by atoms with Crippen LogP contribution in [0.4, 0.5) is 0 Å². The molecule has 1 aromatic rings. The zero-order valence-corrected chi connectivity index (χ0v) is 13.4. The Hall–Kier alpha value is -0.620. The molecule has 19 heavy (non-hydrogen) atoms. The Morgan fingerprint density at radius 2 is 1.84 bits per heavy atom. The van der Waals surface area contributed by atoms with Crippen LogP contribution in [0, 0.1) is 5.41 Å². The molecule has 1 saturated heterocycles. The average Bonchev–Trinajstić information content (AvgIpc) is 2.48. The number of benzene rings is 1. The summed E-state index contributed by atoms with van der Waals surface area (Å²) in [6.07, 6.45) is 2.49. The molecule has 0 aliphatic carbocycles. The Morgan fingerprint density at radius 3 is 2.37 bits per heavy atom. The largest absolute Gasteiger partial charge is 0.469 e. The van der Waals surface area contributed by atoms with Crippen molar-refractivity contribution in [3.8, 4) is 0 Å². The van der Waals surface area contributed by atoms with Crippen molar-refractivity contribution in [2.45, 2.75) is 23.7 Å². The molecule has 0 saturated carbocycles. The van der Waals surface area contributed by atoms with E-state index in [1.54, 1.807) is 0 Å². The smallest absolute Gasteiger partial charge is 0.312 e. The topological polar surface area (TPSA) is 38.3 Å². The molecular formula is C15H20INO2. The van der Waals surface area contributed by atoms with Gasteiger partial charge in [0.2, 0.25) is 0 Å². The van der Waals surface area contributed by atoms with Gasteiger partial charge in [0.15, 0.2) is 0 Å². The second kappa shape index (κ2) is 6.70. The molecule has 1 aliphatic rings. The molecule has 0 atom stereocenters. The summed E-state index contributed by atoms with van der Waals surface area (Å²) in [4.78, 5) is 12.2. The summed E-state index contributed by atoms with van der Waals surface area (Å²) < 4.78 is 6.06. The van der Waals surface area contributed by atoms with Crippen LogP contribution in [0.3, 0.4) is 0 Å². The quantitative estimate of drug-likeness (QED) is 0.501. The molecule has 0 unspecified atom stereocenters. The van der Waals surface area contributed by atoms with Crippen molar-refractivity contribution in [3.63, 3.8) is 0 Å². The van der Waals surface area contributed by atoms with Crippen molar-refractivity contribution >= 4 is 28.6 Å². The molecule has 1 N–H and O–H groups in total. The van der Waals surface area contributed by atoms with Gasteiger partial charge in [-0.1, -0.05) is 46.9 Å². The van der Waals surface area contributed by atoms with E-state index < -0.39 is 0 Å². The SMILES string of the molecule is COC(=O)C1(Cc2ccc(CI)cc2)CCNCC1. The molecule has 4 heteroatoms. The summed E-state index contributed by atoms with van der Waals surface area (Å²) in [7, 11) is 1.49. The molecule has 1 fully saturated rings. The van der Waals surface area contributed by atoms with Crippen LogP contribution in [-0.4, -0.2) is 26.2 Å². The number of carbonyl (C=O) groups is 1. The van der Waals surface area contributed by atoms with Gasteiger partial charge in [0.25, 0.3) is 0 Å². The zero-order valence-electron chi connectivity index (χ0n) is 11.2. The number of esters is 1. The first-order chi connectivity index (χ1) is 9.20. The van der Waals surface area contributed by atoms with E-state index in [-0.39, 0.29) is 11.4 Å². The van der Waals surface area contributed by atoms with Gasteiger partial charge in [-0.3, -0.25) is 4.79 Å². The first kappa shape index (κ1) is 14.8. The van der Waals surface area contributed by atoms with Gasteiger partial charge in [-0.05, 0) is 43.5 Å². The fraction of sp³-hybridized carbons (Fsp3) is 0.533. The van der Waals surface area contributed by atoms with Gasteiger partial charge in [0.1, 0.15) is 0 Å². The van der Waals surface area contributed by atoms with Gasteiger partial charge >= 0.3 is 5.97 Å². The standard InChI is InChI=1S/C15H20INO2/c1-19-14(18)15(6-8-17-9-7-15)10-12-2-4-13(11-16)5-3-12/h2-5,17H,6-11H2,1H3. The lowest BCUT2D eigenvalue weighted by Gasteiger charge is -2.35. The number of hydrogen-bond donors (Lipinski definition) is 1. The first-order valence-corrected chi connectivity index (χ1v) is 8.16. The Bertz CT molecular complexity index is 424. The van der Waals surface area contributed by atoms with Crippen LogP contribution in [0.15, 0.2) is 24.3 Å². The van der Waals surface area contributed by atoms with Crippen molar-refractivity contribution in [2.75, 3.05) is 20.2 Å². The van der Waals surface area contributed by atoms with E-state index in [9.17, 15) is 4.79 Å². The van der Waals surface area contributed by atoms with Crippen molar-refractivity contribution in [1.29, 1.82) is 0 Å². The molecule has 0 aromatic heterocycles. The van der Waals surface area contributed by atoms with Crippen molar-refractivity contribution in [2.24, 2.45) is 5.41 Å². The van der Waals surface area contributed by atoms with Gasteiger partial charge in [0.05, 0.1) is 12.5 Å². The average molecular weight is 373 g/mol. The highest BCUT2D eigenvalue weighted by atomic mass is 127. The van der Waals surface area contributed by atoms with Gasteiger partial charge in [-0.25, -0.2) is 0 Å². The number of carbonyl (C=O) groups excluding carboxylic acids is 1. The third-order valence-electron chi connectivity index (χ3n) is 3.90. The minimum Gasteiger partial charge on any atom is -0.469 e. The van der Waals surface area contributed by atoms with Crippen molar-refractivity contribution in [1.82, 2.24) is 5.32 Å². The van der Waals surface area contributed by atoms with Crippen LogP contribution in [0.2, 0.25) is 0 Å². The normalized spacial score (nSPS) is 18.0. The number of alkyl halides is 1. The van der Waals surface area contributed by atoms with Crippen molar-refractivity contribution < 1.29 is 9.53 Å². The molecule has 1 heterocycles. The maximum Gasteiger partial charge on any atom is 0.312 e. The molecule has 0 bridgehead atoms. The van der Waals surface area contributed by atoms with E-state index in [0.29, 0.717) is 0 Å². The summed E-state index contributed by atoms with van der Waals surface area (Å²) in [5.74, 6) is -0.0630. The van der Waals surface area contributed by atoms with Crippen LogP contribution < -0.4 is 5.32 Å². The Kier molecular flexibility index (Phi) is 5.21. The monoisotopic (exact) mass is 373 g/mol. The van der Waals surface area contributed by atoms with Gasteiger partial charge < -0.3 is 10.1 Å². The Balaban J connectivity index is 2.17. The lowest BCUT2D eigenvalue weighted by molar-refractivity contribution is -0.154. The molecule has 1 aromatic carbocycles. The Morgan fingerprint density at radius 1 is 1.26 bits per heavy atom. The minimum atomic E-state index is -0.341.